The predicted octanol–water partition coefficient (Wildman–Crippen LogP) is 2.55. The maximum Gasteiger partial charge on any atom is 0.497 e. The number of nitrogens with zero attached hydrogens (tertiary/aromatic N) is 2. The third-order valence-corrected chi connectivity index (χ3v) is 2.68. The average molecular weight is 306 g/mol. The fraction of sp³-hybridized carbons (Fsp3) is 0.111. The molecule has 0 fully saturated rings. The molecule has 0 spiro atoms. The van der Waals surface area contributed by atoms with E-state index in [1.54, 1.807) is 12.1 Å². The van der Waals surface area contributed by atoms with E-state index in [1.165, 1.54) is 6.07 Å². The number of halogens is 4. The second kappa shape index (κ2) is 4.17. The largest absolute Gasteiger partial charge is 0.497 e. The Bertz CT molecular complexity index is 626. The number of fused-ring (bicyclic) bond motifs is 1. The first-order valence-corrected chi connectivity index (χ1v) is 5.52. The molecule has 0 saturated carbocycles. The molecule has 2 aromatic rings. The van der Waals surface area contributed by atoms with Crippen molar-refractivity contribution >= 4 is 33.8 Å². The summed E-state index contributed by atoms with van der Waals surface area (Å²) in [6.07, 6.45) is -0.345. The molecule has 0 atom stereocenters. The summed E-state index contributed by atoms with van der Waals surface area (Å²) in [4.78, 5) is 15.6. The molecule has 0 saturated heterocycles. The Hall–Kier alpha value is -1.31. The van der Waals surface area contributed by atoms with Gasteiger partial charge in [-0.15, -0.1) is 0 Å². The topological polar surface area (TPSA) is 34.9 Å². The predicted molar refractivity (Wildman–Crippen MR) is 62.8 cm³/mol. The first-order chi connectivity index (χ1) is 7.87. The summed E-state index contributed by atoms with van der Waals surface area (Å²) in [5, 5.41) is 0.168. The Kier molecular flexibility index (Phi) is 2.99. The highest BCUT2D eigenvalue weighted by Gasteiger charge is 2.24. The quantitative estimate of drug-likeness (QED) is 0.799. The summed E-state index contributed by atoms with van der Waals surface area (Å²) >= 11 is 3.16. The summed E-state index contributed by atoms with van der Waals surface area (Å²) in [5.41, 5.74) is -0.306. The van der Waals surface area contributed by atoms with Gasteiger partial charge in [0.1, 0.15) is 0 Å². The lowest BCUT2D eigenvalue weighted by Crippen LogP contribution is -2.32. The molecule has 0 N–H and O–H groups in total. The maximum absolute atomic E-state index is 12.3. The first-order valence-electron chi connectivity index (χ1n) is 4.72. The Labute approximate surface area is 102 Å². The van der Waals surface area contributed by atoms with Crippen LogP contribution in [0.25, 0.3) is 10.9 Å². The van der Waals surface area contributed by atoms with Crippen LogP contribution in [-0.4, -0.2) is 16.5 Å². The van der Waals surface area contributed by atoms with E-state index < -0.39 is 19.0 Å². The van der Waals surface area contributed by atoms with Crippen molar-refractivity contribution < 1.29 is 12.9 Å². The number of rotatable bonds is 2. The van der Waals surface area contributed by atoms with E-state index in [1.807, 2.05) is 0 Å². The third kappa shape index (κ3) is 2.69. The van der Waals surface area contributed by atoms with E-state index in [-0.39, 0.29) is 5.39 Å². The zero-order chi connectivity index (χ0) is 12.6. The van der Waals surface area contributed by atoms with Crippen molar-refractivity contribution in [3.05, 3.63) is 39.4 Å². The van der Waals surface area contributed by atoms with Gasteiger partial charge >= 0.3 is 6.98 Å². The maximum atomic E-state index is 12.3. The molecule has 0 aliphatic heterocycles. The lowest BCUT2D eigenvalue weighted by atomic mass is 9.92. The molecule has 2 rings (SSSR count). The molecule has 1 aromatic carbocycles. The molecule has 0 aliphatic rings. The Morgan fingerprint density at radius 3 is 2.71 bits per heavy atom. The van der Waals surface area contributed by atoms with E-state index in [2.05, 4.69) is 20.9 Å². The Morgan fingerprint density at radius 1 is 1.35 bits per heavy atom. The van der Waals surface area contributed by atoms with Crippen LogP contribution in [0.2, 0.25) is 0 Å². The van der Waals surface area contributed by atoms with E-state index >= 15 is 0 Å². The third-order valence-electron chi connectivity index (χ3n) is 2.19. The van der Waals surface area contributed by atoms with Gasteiger partial charge < -0.3 is 17.5 Å². The molecule has 90 valence electrons. The SMILES string of the molecule is O=c1c2cc(Br)ccc2ncn1C[B-](F)(F)F. The number of hydrogen-bond donors (Lipinski definition) is 0. The van der Waals surface area contributed by atoms with Gasteiger partial charge in [0.05, 0.1) is 17.2 Å². The molecule has 0 radical (unpaired) electrons. The van der Waals surface area contributed by atoms with Gasteiger partial charge in [-0.3, -0.25) is 4.79 Å². The lowest BCUT2D eigenvalue weighted by molar-refractivity contribution is 0.442. The molecule has 8 heteroatoms. The minimum absolute atomic E-state index is 0.168. The van der Waals surface area contributed by atoms with Crippen LogP contribution >= 0.6 is 15.9 Å². The smallest absolute Gasteiger partial charge is 0.448 e. The van der Waals surface area contributed by atoms with Gasteiger partial charge in [-0.25, -0.2) is 4.98 Å². The first kappa shape index (κ1) is 12.2. The number of benzene rings is 1. The van der Waals surface area contributed by atoms with E-state index in [0.717, 1.165) is 6.33 Å². The molecule has 3 nitrogen and oxygen atoms in total. The summed E-state index contributed by atoms with van der Waals surface area (Å²) in [7, 11) is 0. The van der Waals surface area contributed by atoms with E-state index in [4.69, 9.17) is 0 Å². The highest BCUT2D eigenvalue weighted by molar-refractivity contribution is 9.10. The van der Waals surface area contributed by atoms with Gasteiger partial charge in [-0.2, -0.15) is 0 Å². The van der Waals surface area contributed by atoms with Crippen LogP contribution in [0.3, 0.4) is 0 Å². The Balaban J connectivity index is 2.61. The standard InChI is InChI=1S/C9H6BBrF3N2O/c11-6-1-2-8-7(3-6)9(17)16(5-15-8)4-10(12,13)14/h1-3,5H,4H2/q-1. The second-order valence-corrected chi connectivity index (χ2v) is 4.49. The van der Waals surface area contributed by atoms with Crippen LogP contribution in [0.4, 0.5) is 12.9 Å². The molecule has 0 aliphatic carbocycles. The van der Waals surface area contributed by atoms with Gasteiger partial charge in [0.15, 0.2) is 0 Å². The van der Waals surface area contributed by atoms with Gasteiger partial charge in [0, 0.05) is 4.47 Å². The van der Waals surface area contributed by atoms with Crippen LogP contribution in [0, 0.1) is 0 Å². The molecular weight excluding hydrogens is 300 g/mol. The van der Waals surface area contributed by atoms with Crippen molar-refractivity contribution in [1.29, 1.82) is 0 Å². The highest BCUT2D eigenvalue weighted by Crippen LogP contribution is 2.16. The number of aromatic nitrogens is 2. The summed E-state index contributed by atoms with van der Waals surface area (Å²) in [6, 6.07) is 4.71. The molecule has 0 amide bonds. The molecule has 0 unspecified atom stereocenters. The van der Waals surface area contributed by atoms with Crippen molar-refractivity contribution in [2.24, 2.45) is 0 Å². The van der Waals surface area contributed by atoms with Crippen molar-refractivity contribution in [2.75, 3.05) is 0 Å². The fourth-order valence-electron chi connectivity index (χ4n) is 1.48. The van der Waals surface area contributed by atoms with Crippen molar-refractivity contribution in [2.45, 2.75) is 6.44 Å². The number of hydrogen-bond acceptors (Lipinski definition) is 2. The van der Waals surface area contributed by atoms with E-state index in [9.17, 15) is 17.7 Å². The lowest BCUT2D eigenvalue weighted by Gasteiger charge is -2.15. The summed E-state index contributed by atoms with van der Waals surface area (Å²) < 4.78 is 38.0. The second-order valence-electron chi connectivity index (χ2n) is 3.57. The minimum Gasteiger partial charge on any atom is -0.448 e. The fourth-order valence-corrected chi connectivity index (χ4v) is 1.85. The van der Waals surface area contributed by atoms with E-state index in [0.29, 0.717) is 14.6 Å². The van der Waals surface area contributed by atoms with Gasteiger partial charge in [0.25, 0.3) is 5.56 Å². The van der Waals surface area contributed by atoms with Crippen LogP contribution in [0.5, 0.6) is 0 Å². The molecule has 0 bridgehead atoms. The molecular formula is C9H6BBrF3N2O-. The van der Waals surface area contributed by atoms with Crippen molar-refractivity contribution in [3.8, 4) is 0 Å². The zero-order valence-electron chi connectivity index (χ0n) is 8.41. The average Bonchev–Trinajstić information content (AvgIpc) is 2.21. The molecule has 17 heavy (non-hydrogen) atoms. The Morgan fingerprint density at radius 2 is 2.06 bits per heavy atom. The molecule has 1 heterocycles. The summed E-state index contributed by atoms with van der Waals surface area (Å²) in [6.45, 7) is -5.06. The van der Waals surface area contributed by atoms with Gasteiger partial charge in [-0.05, 0) is 24.6 Å². The summed E-state index contributed by atoms with van der Waals surface area (Å²) in [5.74, 6) is 0. The van der Waals surface area contributed by atoms with Crippen molar-refractivity contribution in [3.63, 3.8) is 0 Å². The zero-order valence-corrected chi connectivity index (χ0v) is 9.99. The van der Waals surface area contributed by atoms with Crippen LogP contribution < -0.4 is 5.56 Å². The van der Waals surface area contributed by atoms with Crippen LogP contribution in [0.15, 0.2) is 33.8 Å². The van der Waals surface area contributed by atoms with Gasteiger partial charge in [-0.1, -0.05) is 15.9 Å². The van der Waals surface area contributed by atoms with Crippen molar-refractivity contribution in [1.82, 2.24) is 9.55 Å². The monoisotopic (exact) mass is 305 g/mol. The normalized spacial score (nSPS) is 12.0. The minimum atomic E-state index is -5.06. The van der Waals surface area contributed by atoms with Crippen LogP contribution in [0.1, 0.15) is 0 Å². The highest BCUT2D eigenvalue weighted by atomic mass is 79.9. The molecule has 1 aromatic heterocycles. The van der Waals surface area contributed by atoms with Crippen LogP contribution in [-0.2, 0) is 6.44 Å². The van der Waals surface area contributed by atoms with Gasteiger partial charge in [0.2, 0.25) is 0 Å².